The Morgan fingerprint density at radius 2 is 1.87 bits per heavy atom. The average molecular weight is 549 g/mol. The second kappa shape index (κ2) is 14.3. The summed E-state index contributed by atoms with van der Waals surface area (Å²) < 4.78 is 29.3. The van der Waals surface area contributed by atoms with Crippen molar-refractivity contribution in [2.75, 3.05) is 25.8 Å². The van der Waals surface area contributed by atoms with E-state index >= 15 is 0 Å². The second-order valence-corrected chi connectivity index (χ2v) is 10.1. The van der Waals surface area contributed by atoms with Gasteiger partial charge in [-0.3, -0.25) is 9.59 Å². The number of aromatic nitrogens is 4. The first-order valence-corrected chi connectivity index (χ1v) is 13.3. The topological polar surface area (TPSA) is 187 Å². The van der Waals surface area contributed by atoms with Crippen molar-refractivity contribution in [3.8, 4) is 5.75 Å². The molecule has 14 heteroatoms. The molecular weight excluding hydrogens is 513 g/mol. The number of hydrogen-bond donors (Lipinski definition) is 3. The molecular formula is C24H35N7O6P+. The zero-order valence-corrected chi connectivity index (χ0v) is 23.1. The van der Waals surface area contributed by atoms with Gasteiger partial charge in [0.2, 0.25) is 0 Å². The number of hydrogen-bond acceptors (Lipinski definition) is 11. The van der Waals surface area contributed by atoms with Gasteiger partial charge in [-0.2, -0.15) is 0 Å². The van der Waals surface area contributed by atoms with Crippen LogP contribution >= 0.6 is 7.95 Å². The Hall–Kier alpha value is -3.67. The Morgan fingerprint density at radius 3 is 2.47 bits per heavy atom. The van der Waals surface area contributed by atoms with Gasteiger partial charge in [-0.05, 0) is 56.0 Å². The number of fused-ring (bicyclic) bond motifs is 1. The summed E-state index contributed by atoms with van der Waals surface area (Å²) in [5.74, 6) is 0.168. The Labute approximate surface area is 222 Å². The van der Waals surface area contributed by atoms with Crippen molar-refractivity contribution in [2.24, 2.45) is 5.73 Å². The maximum atomic E-state index is 12.1. The summed E-state index contributed by atoms with van der Waals surface area (Å²) in [5, 5.41) is 2.43. The zero-order chi connectivity index (χ0) is 28.3. The maximum absolute atomic E-state index is 12.1. The van der Waals surface area contributed by atoms with Gasteiger partial charge < -0.3 is 30.2 Å². The Kier molecular flexibility index (Phi) is 11.5. The number of imidazole rings is 1. The molecule has 3 aromatic rings. The first-order valence-electron chi connectivity index (χ1n) is 11.8. The third-order valence-corrected chi connectivity index (χ3v) is 5.74. The van der Waals surface area contributed by atoms with Crippen LogP contribution in [0.5, 0.6) is 5.75 Å². The van der Waals surface area contributed by atoms with E-state index in [0.717, 1.165) is 6.42 Å². The van der Waals surface area contributed by atoms with Crippen molar-refractivity contribution < 1.29 is 28.4 Å². The lowest BCUT2D eigenvalue weighted by molar-refractivity contribution is -0.148. The second-order valence-electron chi connectivity index (χ2n) is 8.84. The van der Waals surface area contributed by atoms with Gasteiger partial charge in [0.15, 0.2) is 11.5 Å². The van der Waals surface area contributed by atoms with Crippen LogP contribution in [0.15, 0.2) is 36.9 Å². The fourth-order valence-electron chi connectivity index (χ4n) is 2.89. The largest absolute Gasteiger partial charge is 0.497 e. The molecule has 2 aromatic heterocycles. The van der Waals surface area contributed by atoms with Gasteiger partial charge in [-0.15, -0.1) is 5.09 Å². The summed E-state index contributed by atoms with van der Waals surface area (Å²) >= 11 is 0. The van der Waals surface area contributed by atoms with Crippen LogP contribution in [0, 0.1) is 0 Å². The number of ether oxygens (including phenoxy) is 3. The lowest BCUT2D eigenvalue weighted by Crippen LogP contribution is -2.42. The fourth-order valence-corrected chi connectivity index (χ4v) is 3.70. The van der Waals surface area contributed by atoms with Crippen molar-refractivity contribution in [1.82, 2.24) is 24.6 Å². The maximum Gasteiger partial charge on any atom is 0.491 e. The number of carbonyl (C=O) groups excluding carboxylic acids is 2. The van der Waals surface area contributed by atoms with Gasteiger partial charge in [0.05, 0.1) is 32.7 Å². The van der Waals surface area contributed by atoms with Crippen molar-refractivity contribution >= 4 is 36.8 Å². The predicted molar refractivity (Wildman–Crippen MR) is 143 cm³/mol. The van der Waals surface area contributed by atoms with E-state index in [9.17, 15) is 14.2 Å². The number of rotatable bonds is 11. The number of nitrogens with two attached hydrogens (primary N) is 2. The molecule has 0 aliphatic carbocycles. The first-order chi connectivity index (χ1) is 18.0. The van der Waals surface area contributed by atoms with Crippen LogP contribution < -0.4 is 21.3 Å². The van der Waals surface area contributed by atoms with Gasteiger partial charge in [0.1, 0.15) is 23.1 Å². The third-order valence-electron chi connectivity index (χ3n) is 4.90. The summed E-state index contributed by atoms with van der Waals surface area (Å²) in [4.78, 5) is 35.2. The standard InChI is InChI=1S/C17H19N6O4P.C7H15NO2/c1-11(7-23-9-21-14-15(18)19-8-20-16(14)23)27-10-28(25)22-17(24)12-3-5-13(26-2)6-4-12;1-4-5-10-6(9)7(2,3)8/h3-6,8-9,11H,7,10H2,1-2H3,(H2-,18,19,20,22,24,25);4-5,8H2,1-3H3/p+1. The molecule has 2 atom stereocenters. The highest BCUT2D eigenvalue weighted by Crippen LogP contribution is 2.20. The van der Waals surface area contributed by atoms with Gasteiger partial charge in [0, 0.05) is 5.56 Å². The predicted octanol–water partition coefficient (Wildman–Crippen LogP) is 2.63. The van der Waals surface area contributed by atoms with Crippen molar-refractivity contribution in [2.45, 2.75) is 52.3 Å². The van der Waals surface area contributed by atoms with Gasteiger partial charge >= 0.3 is 13.9 Å². The lowest BCUT2D eigenvalue weighted by Gasteiger charge is -2.15. The van der Waals surface area contributed by atoms with E-state index in [1.807, 2.05) is 13.8 Å². The van der Waals surface area contributed by atoms with Crippen LogP contribution in [0.25, 0.3) is 11.2 Å². The molecule has 0 bridgehead atoms. The number of nitrogens with zero attached hydrogens (tertiary/aromatic N) is 4. The van der Waals surface area contributed by atoms with E-state index in [4.69, 9.17) is 25.7 Å². The quantitative estimate of drug-likeness (QED) is 0.236. The summed E-state index contributed by atoms with van der Waals surface area (Å²) in [6.07, 6.45) is 3.41. The molecule has 0 fully saturated rings. The molecule has 3 rings (SSSR count). The number of methoxy groups -OCH3 is 1. The first kappa shape index (κ1) is 30.6. The average Bonchev–Trinajstić information content (AvgIpc) is 3.29. The monoisotopic (exact) mass is 548 g/mol. The molecule has 5 N–H and O–H groups in total. The van der Waals surface area contributed by atoms with Crippen molar-refractivity contribution in [3.05, 3.63) is 42.5 Å². The summed E-state index contributed by atoms with van der Waals surface area (Å²) in [6.45, 7) is 7.92. The molecule has 0 radical (unpaired) electrons. The van der Waals surface area contributed by atoms with Crippen molar-refractivity contribution in [1.29, 1.82) is 0 Å². The number of amides is 1. The minimum absolute atomic E-state index is 0.109. The molecule has 0 saturated carbocycles. The van der Waals surface area contributed by atoms with Crippen LogP contribution in [0.4, 0.5) is 5.82 Å². The minimum atomic E-state index is -2.06. The highest BCUT2D eigenvalue weighted by atomic mass is 31.1. The Bertz CT molecular complexity index is 1230. The van der Waals surface area contributed by atoms with Crippen LogP contribution in [0.2, 0.25) is 0 Å². The van der Waals surface area contributed by atoms with E-state index in [0.29, 0.717) is 41.4 Å². The molecule has 1 aromatic carbocycles. The Morgan fingerprint density at radius 1 is 1.18 bits per heavy atom. The molecule has 0 aliphatic rings. The molecule has 0 saturated heterocycles. The van der Waals surface area contributed by atoms with E-state index in [1.54, 1.807) is 56.1 Å². The molecule has 206 valence electrons. The molecule has 38 heavy (non-hydrogen) atoms. The van der Waals surface area contributed by atoms with Crippen LogP contribution in [0.3, 0.4) is 0 Å². The molecule has 2 unspecified atom stereocenters. The fraction of sp³-hybridized carbons (Fsp3) is 0.458. The SMILES string of the molecule is CCCOC(=O)C(C)(C)N.COc1ccc(C(=O)N[P+](=O)COC(C)Cn2cnc3c(N)ncnc32)cc1. The third kappa shape index (κ3) is 9.33. The number of esters is 1. The number of anilines is 1. The lowest BCUT2D eigenvalue weighted by atomic mass is 10.1. The molecule has 2 heterocycles. The molecule has 13 nitrogen and oxygen atoms in total. The summed E-state index contributed by atoms with van der Waals surface area (Å²) in [7, 11) is -0.523. The molecule has 0 aliphatic heterocycles. The normalized spacial score (nSPS) is 12.2. The minimum Gasteiger partial charge on any atom is -0.497 e. The molecule has 0 spiro atoms. The van der Waals surface area contributed by atoms with Gasteiger partial charge in [0.25, 0.3) is 12.3 Å². The number of nitrogen functional groups attached to an aromatic ring is 1. The van der Waals surface area contributed by atoms with Crippen molar-refractivity contribution in [3.63, 3.8) is 0 Å². The van der Waals surface area contributed by atoms with E-state index < -0.39 is 19.4 Å². The van der Waals surface area contributed by atoms with E-state index in [-0.39, 0.29) is 18.4 Å². The Balaban J connectivity index is 0.000000432. The van der Waals surface area contributed by atoms with Gasteiger partial charge in [-0.1, -0.05) is 6.92 Å². The summed E-state index contributed by atoms with van der Waals surface area (Å²) in [5.41, 5.74) is 11.9. The summed E-state index contributed by atoms with van der Waals surface area (Å²) in [6, 6.07) is 6.51. The molecule has 1 amide bonds. The number of carbonyl (C=O) groups is 2. The van der Waals surface area contributed by atoms with E-state index in [2.05, 4.69) is 20.0 Å². The number of nitrogens with one attached hydrogen (secondary N) is 1. The van der Waals surface area contributed by atoms with Crippen LogP contribution in [-0.4, -0.2) is 63.1 Å². The van der Waals surface area contributed by atoms with Gasteiger partial charge in [-0.25, -0.2) is 15.0 Å². The zero-order valence-electron chi connectivity index (χ0n) is 22.2. The van der Waals surface area contributed by atoms with E-state index in [1.165, 1.54) is 6.33 Å². The number of benzene rings is 1. The highest BCUT2D eigenvalue weighted by Gasteiger charge is 2.24. The van der Waals surface area contributed by atoms with Crippen LogP contribution in [-0.2, 0) is 25.4 Å². The van der Waals surface area contributed by atoms with Crippen LogP contribution in [0.1, 0.15) is 44.5 Å². The smallest absolute Gasteiger partial charge is 0.491 e. The highest BCUT2D eigenvalue weighted by molar-refractivity contribution is 7.43.